The van der Waals surface area contributed by atoms with Gasteiger partial charge in [-0.15, -0.1) is 5.10 Å². The minimum atomic E-state index is -0.606. The summed E-state index contributed by atoms with van der Waals surface area (Å²) < 4.78 is 31.2. The maximum Gasteiger partial charge on any atom is 0.140 e. The van der Waals surface area contributed by atoms with Crippen molar-refractivity contribution in [3.63, 3.8) is 0 Å². The molecule has 5 nitrogen and oxygen atoms in total. The fourth-order valence-electron chi connectivity index (χ4n) is 3.26. The van der Waals surface area contributed by atoms with Gasteiger partial charge in [-0.2, -0.15) is 0 Å². The van der Waals surface area contributed by atoms with Gasteiger partial charge >= 0.3 is 0 Å². The summed E-state index contributed by atoms with van der Waals surface area (Å²) in [6.45, 7) is 6.61. The van der Waals surface area contributed by atoms with E-state index >= 15 is 0 Å². The Morgan fingerprint density at radius 1 is 1.31 bits per heavy atom. The molecular formula is C18H19F2N5S. The number of imidazole rings is 1. The van der Waals surface area contributed by atoms with E-state index in [1.54, 1.807) is 0 Å². The number of benzene rings is 1. The second-order valence-corrected chi connectivity index (χ2v) is 7.67. The van der Waals surface area contributed by atoms with Crippen LogP contribution in [0.1, 0.15) is 41.7 Å². The molecule has 1 aromatic carbocycles. The van der Waals surface area contributed by atoms with E-state index < -0.39 is 11.6 Å². The van der Waals surface area contributed by atoms with Gasteiger partial charge in [0.05, 0.1) is 27.5 Å². The third-order valence-electron chi connectivity index (χ3n) is 4.60. The van der Waals surface area contributed by atoms with Crippen LogP contribution in [0.25, 0.3) is 11.4 Å². The predicted molar refractivity (Wildman–Crippen MR) is 95.8 cm³/mol. The van der Waals surface area contributed by atoms with Gasteiger partial charge in [0.15, 0.2) is 0 Å². The number of hydrogen-bond acceptors (Lipinski definition) is 5. The summed E-state index contributed by atoms with van der Waals surface area (Å²) in [5.41, 5.74) is 3.28. The number of rotatable bonds is 4. The molecule has 1 aliphatic heterocycles. The van der Waals surface area contributed by atoms with Crippen molar-refractivity contribution in [2.24, 2.45) is 0 Å². The maximum atomic E-state index is 14.0. The Morgan fingerprint density at radius 3 is 2.92 bits per heavy atom. The van der Waals surface area contributed by atoms with Gasteiger partial charge < -0.3 is 4.98 Å². The molecule has 3 aromatic rings. The number of halogens is 2. The topological polar surface area (TPSA) is 57.7 Å². The van der Waals surface area contributed by atoms with Crippen molar-refractivity contribution in [3.05, 3.63) is 51.8 Å². The molecule has 0 unspecified atom stereocenters. The Morgan fingerprint density at radius 2 is 2.15 bits per heavy atom. The summed E-state index contributed by atoms with van der Waals surface area (Å²) in [4.78, 5) is 11.2. The first-order valence-corrected chi connectivity index (χ1v) is 9.35. The molecule has 136 valence electrons. The van der Waals surface area contributed by atoms with E-state index in [9.17, 15) is 8.78 Å². The maximum absolute atomic E-state index is 14.0. The fourth-order valence-corrected chi connectivity index (χ4v) is 4.10. The lowest BCUT2D eigenvalue weighted by Crippen LogP contribution is -2.30. The van der Waals surface area contributed by atoms with Crippen LogP contribution in [0.4, 0.5) is 8.78 Å². The van der Waals surface area contributed by atoms with E-state index in [4.69, 9.17) is 0 Å². The van der Waals surface area contributed by atoms with E-state index in [0.29, 0.717) is 23.9 Å². The summed E-state index contributed by atoms with van der Waals surface area (Å²) in [6, 6.07) is 3.55. The smallest absolute Gasteiger partial charge is 0.140 e. The molecule has 8 heteroatoms. The zero-order valence-electron chi connectivity index (χ0n) is 14.6. The molecule has 0 amide bonds. The van der Waals surface area contributed by atoms with Crippen LogP contribution in [-0.2, 0) is 19.5 Å². The van der Waals surface area contributed by atoms with Gasteiger partial charge in [0, 0.05) is 32.1 Å². The monoisotopic (exact) mass is 375 g/mol. The highest BCUT2D eigenvalue weighted by Crippen LogP contribution is 2.27. The van der Waals surface area contributed by atoms with Crippen molar-refractivity contribution < 1.29 is 8.78 Å². The number of hydrogen-bond donors (Lipinski definition) is 1. The normalized spacial score (nSPS) is 14.8. The third kappa shape index (κ3) is 3.26. The Kier molecular flexibility index (Phi) is 4.54. The third-order valence-corrected chi connectivity index (χ3v) is 5.32. The van der Waals surface area contributed by atoms with Crippen LogP contribution in [0.5, 0.6) is 0 Å². The summed E-state index contributed by atoms with van der Waals surface area (Å²) in [5.74, 6) is -0.390. The molecular weight excluding hydrogens is 356 g/mol. The van der Waals surface area contributed by atoms with Crippen LogP contribution < -0.4 is 0 Å². The molecule has 0 fully saturated rings. The lowest BCUT2D eigenvalue weighted by atomic mass is 10.1. The van der Waals surface area contributed by atoms with Gasteiger partial charge in [-0.3, -0.25) is 4.90 Å². The molecule has 2 aromatic heterocycles. The van der Waals surface area contributed by atoms with Gasteiger partial charge in [-0.1, -0.05) is 18.3 Å². The summed E-state index contributed by atoms with van der Waals surface area (Å²) >= 11 is 1.44. The van der Waals surface area contributed by atoms with Crippen LogP contribution in [0, 0.1) is 11.6 Å². The minimum Gasteiger partial charge on any atom is -0.340 e. The van der Waals surface area contributed by atoms with Crippen molar-refractivity contribution in [1.82, 2.24) is 24.5 Å². The Bertz CT molecular complexity index is 934. The van der Waals surface area contributed by atoms with Crippen LogP contribution in [0.2, 0.25) is 0 Å². The summed E-state index contributed by atoms with van der Waals surface area (Å²) in [7, 11) is 0. The van der Waals surface area contributed by atoms with Crippen molar-refractivity contribution >= 4 is 11.5 Å². The predicted octanol–water partition coefficient (Wildman–Crippen LogP) is 3.89. The largest absolute Gasteiger partial charge is 0.340 e. The molecule has 1 aliphatic rings. The van der Waals surface area contributed by atoms with Gasteiger partial charge in [-0.25, -0.2) is 13.8 Å². The van der Waals surface area contributed by atoms with Crippen molar-refractivity contribution in [2.75, 3.05) is 6.54 Å². The number of nitrogens with one attached hydrogen (secondary N) is 1. The standard InChI is InChI=1S/C18H19F2N5S/c1-10(2)17-16(26-24-23-17)9-25-6-5-14-15(8-25)22-18(21-14)12-4-3-11(19)7-13(12)20/h3-4,7,10H,5-6,8-9H2,1-2H3,(H,21,22). The average molecular weight is 375 g/mol. The Balaban J connectivity index is 1.54. The van der Waals surface area contributed by atoms with Crippen molar-refractivity contribution in [1.29, 1.82) is 0 Å². The zero-order valence-corrected chi connectivity index (χ0v) is 15.4. The highest BCUT2D eigenvalue weighted by molar-refractivity contribution is 7.05. The number of fused-ring (bicyclic) bond motifs is 1. The van der Waals surface area contributed by atoms with Gasteiger partial charge in [0.2, 0.25) is 0 Å². The first kappa shape index (κ1) is 17.2. The zero-order chi connectivity index (χ0) is 18.3. The molecule has 0 aliphatic carbocycles. The number of nitrogens with zero attached hydrogens (tertiary/aromatic N) is 4. The molecule has 0 saturated carbocycles. The van der Waals surface area contributed by atoms with Crippen molar-refractivity contribution in [3.8, 4) is 11.4 Å². The molecule has 26 heavy (non-hydrogen) atoms. The minimum absolute atomic E-state index is 0.293. The fraction of sp³-hybridized carbons (Fsp3) is 0.389. The molecule has 0 saturated heterocycles. The lowest BCUT2D eigenvalue weighted by molar-refractivity contribution is 0.242. The number of aromatic nitrogens is 4. The molecule has 3 heterocycles. The highest BCUT2D eigenvalue weighted by Gasteiger charge is 2.23. The second kappa shape index (κ2) is 6.85. The Labute approximate surface area is 154 Å². The first-order valence-electron chi connectivity index (χ1n) is 8.58. The highest BCUT2D eigenvalue weighted by atomic mass is 32.1. The van der Waals surface area contributed by atoms with E-state index in [1.807, 2.05) is 0 Å². The average Bonchev–Trinajstić information content (AvgIpc) is 3.21. The Hall–Kier alpha value is -2.19. The van der Waals surface area contributed by atoms with Crippen LogP contribution in [0.3, 0.4) is 0 Å². The van der Waals surface area contributed by atoms with Crippen molar-refractivity contribution in [2.45, 2.75) is 39.3 Å². The van der Waals surface area contributed by atoms with Crippen LogP contribution in [0.15, 0.2) is 18.2 Å². The lowest BCUT2D eigenvalue weighted by Gasteiger charge is -2.25. The van der Waals surface area contributed by atoms with E-state index in [-0.39, 0.29) is 0 Å². The quantitative estimate of drug-likeness (QED) is 0.752. The van der Waals surface area contributed by atoms with Crippen LogP contribution >= 0.6 is 11.5 Å². The molecule has 0 bridgehead atoms. The van der Waals surface area contributed by atoms with Gasteiger partial charge in [0.1, 0.15) is 17.5 Å². The first-order chi connectivity index (χ1) is 12.5. The molecule has 0 atom stereocenters. The van der Waals surface area contributed by atoms with E-state index in [1.165, 1.54) is 28.5 Å². The summed E-state index contributed by atoms with van der Waals surface area (Å²) in [5, 5.41) is 4.24. The molecule has 0 radical (unpaired) electrons. The van der Waals surface area contributed by atoms with Crippen LogP contribution in [-0.4, -0.2) is 31.0 Å². The number of aromatic amines is 1. The molecule has 4 rings (SSSR count). The summed E-state index contributed by atoms with van der Waals surface area (Å²) in [6.07, 6.45) is 0.790. The molecule has 1 N–H and O–H groups in total. The number of H-pyrrole nitrogens is 1. The van der Waals surface area contributed by atoms with Gasteiger partial charge in [-0.05, 0) is 29.6 Å². The molecule has 0 spiro atoms. The SMILES string of the molecule is CC(C)c1nnsc1CN1CCc2nc(-c3ccc(F)cc3F)[nH]c2C1. The van der Waals surface area contributed by atoms with E-state index in [2.05, 4.69) is 38.3 Å². The van der Waals surface area contributed by atoms with E-state index in [0.717, 1.165) is 42.7 Å². The van der Waals surface area contributed by atoms with Gasteiger partial charge in [0.25, 0.3) is 0 Å². The second-order valence-electron chi connectivity index (χ2n) is 6.83.